The van der Waals surface area contributed by atoms with Gasteiger partial charge in [-0.3, -0.25) is 9.55 Å². The smallest absolute Gasteiger partial charge is 0.149 e. The van der Waals surface area contributed by atoms with Crippen molar-refractivity contribution in [1.29, 1.82) is 0 Å². The van der Waals surface area contributed by atoms with Gasteiger partial charge in [0.2, 0.25) is 0 Å². The van der Waals surface area contributed by atoms with Gasteiger partial charge in [0.1, 0.15) is 11.6 Å². The Morgan fingerprint density at radius 1 is 0.458 bits per heavy atom. The van der Waals surface area contributed by atoms with E-state index in [4.69, 9.17) is 18.8 Å². The van der Waals surface area contributed by atoms with Gasteiger partial charge in [-0.05, 0) is 159 Å². The van der Waals surface area contributed by atoms with Gasteiger partial charge in [0, 0.05) is 27.0 Å². The number of nitrogens with zero attached hydrogens (tertiary/aromatic N) is 3. The van der Waals surface area contributed by atoms with Crippen LogP contribution in [0, 0.1) is 20.7 Å². The number of para-hydroxylation sites is 1. The Morgan fingerprint density at radius 3 is 1.69 bits per heavy atom. The van der Waals surface area contributed by atoms with Crippen molar-refractivity contribution in [3.63, 3.8) is 0 Å². The molecule has 0 N–H and O–H groups in total. The van der Waals surface area contributed by atoms with Crippen molar-refractivity contribution in [2.45, 2.75) is 46.9 Å². The van der Waals surface area contributed by atoms with Crippen LogP contribution < -0.4 is 4.74 Å². The molecule has 11 aromatic rings. The highest BCUT2D eigenvalue weighted by Gasteiger charge is 2.25. The summed E-state index contributed by atoms with van der Waals surface area (Å²) in [7, 11) is 1.70. The van der Waals surface area contributed by atoms with Crippen molar-refractivity contribution in [2.24, 2.45) is 0 Å². The Labute approximate surface area is 428 Å². The third kappa shape index (κ3) is 8.82. The van der Waals surface area contributed by atoms with Crippen LogP contribution in [0.5, 0.6) is 5.75 Å². The lowest BCUT2D eigenvalue weighted by molar-refractivity contribution is 0.413. The lowest BCUT2D eigenvalue weighted by atomic mass is 9.85. The molecule has 0 amide bonds. The highest BCUT2D eigenvalue weighted by Crippen LogP contribution is 2.44. The second-order valence-corrected chi connectivity index (χ2v) is 19.8. The van der Waals surface area contributed by atoms with Crippen molar-refractivity contribution in [2.75, 3.05) is 7.11 Å². The summed E-state index contributed by atoms with van der Waals surface area (Å²) in [6.07, 6.45) is 1.89. The van der Waals surface area contributed by atoms with Crippen LogP contribution in [0.1, 0.15) is 47.1 Å². The van der Waals surface area contributed by atoms with E-state index in [0.29, 0.717) is 22.8 Å². The van der Waals surface area contributed by atoms with E-state index in [0.717, 1.165) is 94.6 Å². The van der Waals surface area contributed by atoms with Crippen molar-refractivity contribution in [1.82, 2.24) is 14.5 Å². The molecule has 2 heterocycles. The van der Waals surface area contributed by atoms with Crippen molar-refractivity contribution < 1.29 is 8.85 Å². The predicted molar refractivity (Wildman–Crippen MR) is 302 cm³/mol. The summed E-state index contributed by atoms with van der Waals surface area (Å²) in [6, 6.07) is 73.4. The highest BCUT2D eigenvalue weighted by atomic mass is 16.5. The van der Waals surface area contributed by atoms with Gasteiger partial charge >= 0.3 is 0 Å². The second-order valence-electron chi connectivity index (χ2n) is 19.8. The molecule has 0 unspecified atom stereocenters. The Bertz CT molecular complexity index is 3870. The number of fused-ring (bicyclic) bond motifs is 1. The standard InChI is InChI=1S/C68H57N3O/c1-44-36-46(3)66(72-7)61(37-44)67-70-65-58(24-17-25-63(65)71(67)64-38-45(2)59(51-22-15-10-16-23-51)43-60(64)52-30-32-57(33-31-52)68(4,5)6)55-39-54(48-20-13-9-14-21-48)40-56(41-55)62-42-53(34-35-69-62)50-28-26-49(27-29-50)47-18-11-8-12-19-47/h8-43H,1-7H3/i2D3. The number of hydrogen-bond donors (Lipinski definition) is 0. The van der Waals surface area contributed by atoms with E-state index in [9.17, 15) is 0 Å². The van der Waals surface area contributed by atoms with Crippen LogP contribution in [0.4, 0.5) is 0 Å². The molecule has 4 nitrogen and oxygen atoms in total. The Morgan fingerprint density at radius 2 is 1.04 bits per heavy atom. The Balaban J connectivity index is 1.17. The molecular formula is C68H57N3O. The van der Waals surface area contributed by atoms with Crippen LogP contribution in [0.25, 0.3) is 106 Å². The molecule has 11 rings (SSSR count). The summed E-state index contributed by atoms with van der Waals surface area (Å²) in [5, 5.41) is 0. The highest BCUT2D eigenvalue weighted by molar-refractivity contribution is 5.99. The fraction of sp³-hybridized carbons (Fsp3) is 0.118. The zero-order valence-electron chi connectivity index (χ0n) is 44.5. The molecule has 0 spiro atoms. The average Bonchev–Trinajstić information content (AvgIpc) is 3.83. The van der Waals surface area contributed by atoms with E-state index in [1.807, 2.05) is 54.7 Å². The van der Waals surface area contributed by atoms with E-state index in [1.54, 1.807) is 7.11 Å². The van der Waals surface area contributed by atoms with E-state index in [2.05, 4.69) is 203 Å². The number of pyridine rings is 1. The summed E-state index contributed by atoms with van der Waals surface area (Å²) >= 11 is 0. The Kier molecular flexibility index (Phi) is 11.1. The maximum atomic E-state index is 9.07. The number of imidazole rings is 1. The van der Waals surface area contributed by atoms with E-state index in [1.165, 1.54) is 11.1 Å². The van der Waals surface area contributed by atoms with Gasteiger partial charge in [0.25, 0.3) is 0 Å². The average molecular weight is 935 g/mol. The van der Waals surface area contributed by atoms with Crippen LogP contribution in [0.3, 0.4) is 0 Å². The zero-order valence-corrected chi connectivity index (χ0v) is 41.5. The first-order chi connectivity index (χ1) is 36.2. The van der Waals surface area contributed by atoms with Gasteiger partial charge < -0.3 is 4.74 Å². The minimum absolute atomic E-state index is 0.0724. The van der Waals surface area contributed by atoms with Crippen LogP contribution in [0.2, 0.25) is 0 Å². The molecule has 0 aliphatic rings. The fourth-order valence-corrected chi connectivity index (χ4v) is 10.1. The molecule has 0 radical (unpaired) electrons. The third-order valence-electron chi connectivity index (χ3n) is 13.8. The molecule has 72 heavy (non-hydrogen) atoms. The minimum atomic E-state index is -2.46. The number of methoxy groups -OCH3 is 1. The molecule has 0 fully saturated rings. The number of aryl methyl sites for hydroxylation is 3. The third-order valence-corrected chi connectivity index (χ3v) is 13.8. The molecular weight excluding hydrogens is 875 g/mol. The van der Waals surface area contributed by atoms with Gasteiger partial charge in [0.15, 0.2) is 0 Å². The molecule has 0 atom stereocenters. The fourth-order valence-electron chi connectivity index (χ4n) is 10.1. The number of hydrogen-bond acceptors (Lipinski definition) is 3. The second kappa shape index (κ2) is 19.0. The zero-order chi connectivity index (χ0) is 52.0. The monoisotopic (exact) mass is 934 g/mol. The van der Waals surface area contributed by atoms with Crippen molar-refractivity contribution in [3.8, 4) is 101 Å². The van der Waals surface area contributed by atoms with E-state index >= 15 is 0 Å². The van der Waals surface area contributed by atoms with Crippen LogP contribution in [-0.4, -0.2) is 21.6 Å². The molecule has 0 aliphatic carbocycles. The quantitative estimate of drug-likeness (QED) is 0.137. The maximum Gasteiger partial charge on any atom is 0.149 e. The van der Waals surface area contributed by atoms with Gasteiger partial charge in [-0.15, -0.1) is 0 Å². The molecule has 9 aromatic carbocycles. The lowest BCUT2D eigenvalue weighted by Crippen LogP contribution is -2.10. The maximum absolute atomic E-state index is 9.07. The number of aromatic nitrogens is 3. The first-order valence-electron chi connectivity index (χ1n) is 26.1. The summed E-state index contributed by atoms with van der Waals surface area (Å²) in [4.78, 5) is 10.7. The normalized spacial score (nSPS) is 12.3. The molecule has 0 saturated carbocycles. The summed E-state index contributed by atoms with van der Waals surface area (Å²) < 4.78 is 35.6. The Hall–Kier alpha value is -8.60. The number of benzene rings is 9. The number of ether oxygens (including phenoxy) is 1. The molecule has 2 aromatic heterocycles. The topological polar surface area (TPSA) is 39.9 Å². The van der Waals surface area contributed by atoms with Crippen LogP contribution in [0.15, 0.2) is 219 Å². The SMILES string of the molecule is [2H]C([2H])([2H])c1cc(-n2c(-c3cc(C)cc(C)c3OC)nc3c(-c4cc(-c5ccccc5)cc(-c5cc(-c6ccc(-c7ccccc7)cc6)ccn5)c4)cccc32)c(-c2ccc(C(C)(C)C)cc2)cc1-c1ccccc1. The van der Waals surface area contributed by atoms with Gasteiger partial charge in [-0.2, -0.15) is 0 Å². The van der Waals surface area contributed by atoms with Crippen molar-refractivity contribution in [3.05, 3.63) is 241 Å². The van der Waals surface area contributed by atoms with E-state index < -0.39 is 6.85 Å². The first kappa shape index (κ1) is 42.3. The van der Waals surface area contributed by atoms with Crippen molar-refractivity contribution >= 4 is 11.0 Å². The molecule has 0 saturated heterocycles. The van der Waals surface area contributed by atoms with Crippen LogP contribution in [-0.2, 0) is 5.41 Å². The molecule has 4 heteroatoms. The summed E-state index contributed by atoms with van der Waals surface area (Å²) in [5.74, 6) is 1.32. The molecule has 0 aliphatic heterocycles. The largest absolute Gasteiger partial charge is 0.496 e. The predicted octanol–water partition coefficient (Wildman–Crippen LogP) is 18.0. The number of rotatable bonds is 10. The van der Waals surface area contributed by atoms with E-state index in [-0.39, 0.29) is 11.0 Å². The van der Waals surface area contributed by atoms with Gasteiger partial charge in [-0.25, -0.2) is 4.98 Å². The van der Waals surface area contributed by atoms with Crippen LogP contribution >= 0.6 is 0 Å². The van der Waals surface area contributed by atoms with Gasteiger partial charge in [-0.1, -0.05) is 178 Å². The molecule has 0 bridgehead atoms. The summed E-state index contributed by atoms with van der Waals surface area (Å²) in [5.41, 5.74) is 20.0. The molecule has 350 valence electrons. The van der Waals surface area contributed by atoms with Gasteiger partial charge in [0.05, 0.1) is 35.1 Å². The minimum Gasteiger partial charge on any atom is -0.496 e. The summed E-state index contributed by atoms with van der Waals surface area (Å²) in [6.45, 7) is 8.31. The first-order valence-corrected chi connectivity index (χ1v) is 24.6. The lowest BCUT2D eigenvalue weighted by Gasteiger charge is -2.22.